The van der Waals surface area contributed by atoms with Crippen LogP contribution in [0.15, 0.2) is 41.8 Å². The minimum atomic E-state index is -0.427. The molecule has 23 heavy (non-hydrogen) atoms. The molecule has 5 nitrogen and oxygen atoms in total. The van der Waals surface area contributed by atoms with Crippen molar-refractivity contribution in [3.05, 3.63) is 52.7 Å². The van der Waals surface area contributed by atoms with Crippen LogP contribution in [0.4, 0.5) is 0 Å². The third-order valence-electron chi connectivity index (χ3n) is 3.48. The average Bonchev–Trinajstić information content (AvgIpc) is 2.87. The van der Waals surface area contributed by atoms with Crippen LogP contribution < -0.4 is 4.80 Å². The first-order chi connectivity index (χ1) is 11.1. The molecule has 2 aromatic rings. The van der Waals surface area contributed by atoms with Gasteiger partial charge >= 0.3 is 5.91 Å². The van der Waals surface area contributed by atoms with Crippen molar-refractivity contribution >= 4 is 27.5 Å². The van der Waals surface area contributed by atoms with E-state index < -0.39 is 5.91 Å². The van der Waals surface area contributed by atoms with Crippen molar-refractivity contribution in [2.24, 2.45) is 4.99 Å². The summed E-state index contributed by atoms with van der Waals surface area (Å²) in [6.07, 6.45) is 3.13. The summed E-state index contributed by atoms with van der Waals surface area (Å²) in [6, 6.07) is 4.23. The summed E-state index contributed by atoms with van der Waals surface area (Å²) in [5, 5.41) is 0. The van der Waals surface area contributed by atoms with Crippen LogP contribution in [0, 0.1) is 13.8 Å². The smallest absolute Gasteiger partial charge is 0.317 e. The molecular formula is C17H18N2O3S. The lowest BCUT2D eigenvalue weighted by molar-refractivity contribution is -0.119. The van der Waals surface area contributed by atoms with Gasteiger partial charge in [0.15, 0.2) is 4.80 Å². The fourth-order valence-electron chi connectivity index (χ4n) is 2.53. The molecule has 0 aliphatic carbocycles. The monoisotopic (exact) mass is 330 g/mol. The van der Waals surface area contributed by atoms with Crippen molar-refractivity contribution in [1.82, 2.24) is 4.57 Å². The molecule has 0 saturated carbocycles. The normalized spacial score (nSPS) is 15.0. The molecule has 0 unspecified atom stereocenters. The summed E-state index contributed by atoms with van der Waals surface area (Å²) in [4.78, 5) is 17.1. The predicted octanol–water partition coefficient (Wildman–Crippen LogP) is 2.82. The van der Waals surface area contributed by atoms with Gasteiger partial charge in [0, 0.05) is 6.54 Å². The Kier molecular flexibility index (Phi) is 4.34. The number of hydrogen-bond acceptors (Lipinski definition) is 4. The minimum Gasteiger partial charge on any atom is -0.494 e. The minimum absolute atomic E-state index is 0.145. The first-order valence-electron chi connectivity index (χ1n) is 7.35. The van der Waals surface area contributed by atoms with Crippen molar-refractivity contribution in [2.75, 3.05) is 13.2 Å². The Hall–Kier alpha value is -2.34. The maximum Gasteiger partial charge on any atom is 0.317 e. The Balaban J connectivity index is 2.16. The zero-order valence-electron chi connectivity index (χ0n) is 13.2. The van der Waals surface area contributed by atoms with Crippen molar-refractivity contribution in [1.29, 1.82) is 0 Å². The van der Waals surface area contributed by atoms with E-state index in [1.54, 1.807) is 6.08 Å². The second-order valence-corrected chi connectivity index (χ2v) is 6.31. The van der Waals surface area contributed by atoms with Crippen LogP contribution in [0.3, 0.4) is 0 Å². The second kappa shape index (κ2) is 6.42. The van der Waals surface area contributed by atoms with Gasteiger partial charge < -0.3 is 14.0 Å². The van der Waals surface area contributed by atoms with Gasteiger partial charge in [0.05, 0.1) is 10.2 Å². The van der Waals surface area contributed by atoms with Crippen molar-refractivity contribution in [2.45, 2.75) is 20.4 Å². The molecule has 6 heteroatoms. The molecule has 120 valence electrons. The molecule has 1 aromatic heterocycles. The SMILES string of the molecule is C=CCn1c(=NC(=O)C2=COCCO2)sc2c(C)cc(C)cc21. The van der Waals surface area contributed by atoms with E-state index in [0.717, 1.165) is 10.2 Å². The van der Waals surface area contributed by atoms with Crippen LogP contribution in [0.1, 0.15) is 11.1 Å². The number of ether oxygens (including phenoxy) is 2. The quantitative estimate of drug-likeness (QED) is 0.813. The van der Waals surface area contributed by atoms with Gasteiger partial charge in [-0.1, -0.05) is 23.5 Å². The number of allylic oxidation sites excluding steroid dienone is 1. The van der Waals surface area contributed by atoms with Gasteiger partial charge in [-0.05, 0) is 31.0 Å². The average molecular weight is 330 g/mol. The van der Waals surface area contributed by atoms with Crippen LogP contribution in [0.5, 0.6) is 0 Å². The Bertz CT molecular complexity index is 874. The Morgan fingerprint density at radius 3 is 2.96 bits per heavy atom. The number of amides is 1. The van der Waals surface area contributed by atoms with E-state index in [1.807, 2.05) is 4.57 Å². The molecule has 1 aromatic carbocycles. The van der Waals surface area contributed by atoms with Crippen molar-refractivity contribution < 1.29 is 14.3 Å². The van der Waals surface area contributed by atoms with Crippen LogP contribution in [-0.4, -0.2) is 23.7 Å². The summed E-state index contributed by atoms with van der Waals surface area (Å²) in [6.45, 7) is 9.33. The second-order valence-electron chi connectivity index (χ2n) is 5.33. The third-order valence-corrected chi connectivity index (χ3v) is 4.71. The third kappa shape index (κ3) is 3.07. The van der Waals surface area contributed by atoms with E-state index in [1.165, 1.54) is 28.7 Å². The lowest BCUT2D eigenvalue weighted by atomic mass is 10.1. The first-order valence-corrected chi connectivity index (χ1v) is 8.17. The number of nitrogens with zero attached hydrogens (tertiary/aromatic N) is 2. The molecule has 0 saturated heterocycles. The summed E-state index contributed by atoms with van der Waals surface area (Å²) in [5.74, 6) is -0.282. The van der Waals surface area contributed by atoms with Gasteiger partial charge in [-0.3, -0.25) is 4.79 Å². The predicted molar refractivity (Wildman–Crippen MR) is 90.0 cm³/mol. The van der Waals surface area contributed by atoms with Crippen molar-refractivity contribution in [3.63, 3.8) is 0 Å². The lowest BCUT2D eigenvalue weighted by Gasteiger charge is -2.12. The lowest BCUT2D eigenvalue weighted by Crippen LogP contribution is -2.19. The highest BCUT2D eigenvalue weighted by Crippen LogP contribution is 2.23. The van der Waals surface area contributed by atoms with Gasteiger partial charge in [0.1, 0.15) is 19.5 Å². The topological polar surface area (TPSA) is 52.8 Å². The number of hydrogen-bond donors (Lipinski definition) is 0. The molecule has 0 atom stereocenters. The maximum absolute atomic E-state index is 12.3. The van der Waals surface area contributed by atoms with E-state index >= 15 is 0 Å². The standard InChI is InChI=1S/C17H18N2O3S/c1-4-5-19-13-9-11(2)8-12(3)15(13)23-17(19)18-16(20)14-10-21-6-7-22-14/h4,8-10H,1,5-7H2,2-3H3. The molecule has 2 heterocycles. The van der Waals surface area contributed by atoms with E-state index in [-0.39, 0.29) is 5.76 Å². The number of carbonyl (C=O) groups is 1. The summed E-state index contributed by atoms with van der Waals surface area (Å²) in [7, 11) is 0. The van der Waals surface area contributed by atoms with Crippen molar-refractivity contribution in [3.8, 4) is 0 Å². The summed E-state index contributed by atoms with van der Waals surface area (Å²) >= 11 is 1.50. The molecule has 1 amide bonds. The van der Waals surface area contributed by atoms with E-state index in [4.69, 9.17) is 9.47 Å². The Labute approximate surface area is 138 Å². The molecule has 0 bridgehead atoms. The van der Waals surface area contributed by atoms with Gasteiger partial charge in [-0.25, -0.2) is 0 Å². The Morgan fingerprint density at radius 2 is 2.26 bits per heavy atom. The van der Waals surface area contributed by atoms with E-state index in [9.17, 15) is 4.79 Å². The highest BCUT2D eigenvalue weighted by Gasteiger charge is 2.16. The van der Waals surface area contributed by atoms with Gasteiger partial charge in [-0.15, -0.1) is 6.58 Å². The van der Waals surface area contributed by atoms with Gasteiger partial charge in [0.2, 0.25) is 5.76 Å². The number of benzene rings is 1. The molecule has 0 spiro atoms. The number of aromatic nitrogens is 1. The highest BCUT2D eigenvalue weighted by molar-refractivity contribution is 7.16. The van der Waals surface area contributed by atoms with Crippen LogP contribution >= 0.6 is 11.3 Å². The maximum atomic E-state index is 12.3. The van der Waals surface area contributed by atoms with Gasteiger partial charge in [-0.2, -0.15) is 4.99 Å². The molecule has 1 aliphatic heterocycles. The summed E-state index contributed by atoms with van der Waals surface area (Å²) < 4.78 is 13.5. The van der Waals surface area contributed by atoms with Crippen LogP contribution in [-0.2, 0) is 20.8 Å². The number of rotatable bonds is 3. The molecule has 0 radical (unpaired) electrons. The number of carbonyl (C=O) groups excluding carboxylic acids is 1. The fraction of sp³-hybridized carbons (Fsp3) is 0.294. The molecular weight excluding hydrogens is 312 g/mol. The Morgan fingerprint density at radius 1 is 1.43 bits per heavy atom. The fourth-order valence-corrected chi connectivity index (χ4v) is 3.61. The highest BCUT2D eigenvalue weighted by atomic mass is 32.1. The molecule has 0 fully saturated rings. The summed E-state index contributed by atoms with van der Waals surface area (Å²) in [5.41, 5.74) is 3.41. The zero-order chi connectivity index (χ0) is 16.4. The zero-order valence-corrected chi connectivity index (χ0v) is 14.0. The van der Waals surface area contributed by atoms with Crippen LogP contribution in [0.25, 0.3) is 10.2 Å². The largest absolute Gasteiger partial charge is 0.494 e. The number of fused-ring (bicyclic) bond motifs is 1. The van der Waals surface area contributed by atoms with Crippen LogP contribution in [0.2, 0.25) is 0 Å². The first kappa shape index (κ1) is 15.6. The van der Waals surface area contributed by atoms with E-state index in [0.29, 0.717) is 24.6 Å². The number of thiazole rings is 1. The number of aryl methyl sites for hydroxylation is 2. The molecule has 1 aliphatic rings. The van der Waals surface area contributed by atoms with Gasteiger partial charge in [0.25, 0.3) is 0 Å². The van der Waals surface area contributed by atoms with E-state index in [2.05, 4.69) is 37.6 Å². The molecule has 3 rings (SSSR count). The molecule has 0 N–H and O–H groups in total.